The number of nitrogens with zero attached hydrogens (tertiary/aromatic N) is 2. The van der Waals surface area contributed by atoms with Gasteiger partial charge in [0.25, 0.3) is 0 Å². The summed E-state index contributed by atoms with van der Waals surface area (Å²) in [6.45, 7) is 0. The quantitative estimate of drug-likeness (QED) is 0.221. The van der Waals surface area contributed by atoms with Gasteiger partial charge in [-0.1, -0.05) is 91.0 Å². The van der Waals surface area contributed by atoms with Crippen LogP contribution in [0.1, 0.15) is 28.4 Å². The summed E-state index contributed by atoms with van der Waals surface area (Å²) < 4.78 is 8.96. The van der Waals surface area contributed by atoms with Crippen molar-refractivity contribution in [1.29, 1.82) is 0 Å². The number of fused-ring (bicyclic) bond motifs is 13. The molecule has 1 atom stereocenters. The van der Waals surface area contributed by atoms with Crippen molar-refractivity contribution in [2.45, 2.75) is 11.6 Å². The molecule has 4 nitrogen and oxygen atoms in total. The monoisotopic (exact) mass is 551 g/mol. The summed E-state index contributed by atoms with van der Waals surface area (Å²) in [5.74, 6) is 1.81. The van der Waals surface area contributed by atoms with E-state index in [9.17, 15) is 0 Å². The van der Waals surface area contributed by atoms with E-state index >= 15 is 0 Å². The zero-order valence-corrected chi connectivity index (χ0v) is 23.2. The highest BCUT2D eigenvalue weighted by Crippen LogP contribution is 2.62. The molecule has 202 valence electrons. The van der Waals surface area contributed by atoms with E-state index in [2.05, 4.69) is 137 Å². The molecule has 1 unspecified atom stereocenters. The molecule has 6 aromatic carbocycles. The highest BCUT2D eigenvalue weighted by Gasteiger charge is 2.51. The summed E-state index contributed by atoms with van der Waals surface area (Å²) in [7, 11) is 0. The Bertz CT molecular complexity index is 2280. The maximum absolute atomic E-state index is 6.55. The van der Waals surface area contributed by atoms with E-state index in [1.165, 1.54) is 55.2 Å². The summed E-state index contributed by atoms with van der Waals surface area (Å²) in [5, 5.41) is 6.24. The molecule has 0 saturated carbocycles. The largest absolute Gasteiger partial charge is 0.457 e. The van der Waals surface area contributed by atoms with E-state index in [1.807, 2.05) is 12.3 Å². The van der Waals surface area contributed by atoms with Crippen molar-refractivity contribution in [2.24, 2.45) is 4.99 Å². The van der Waals surface area contributed by atoms with E-state index in [0.29, 0.717) is 0 Å². The SMILES string of the molecule is C1=Nc2ccccc2NC1n1c2ccccc2c2cc3c(cc21)C1(c2ccccc2Oc2ccccc21)c1ccccc1-3. The minimum absolute atomic E-state index is 0.135. The average Bonchev–Trinajstić information content (AvgIpc) is 3.54. The molecule has 1 spiro atoms. The first-order chi connectivity index (χ1) is 21.3. The van der Waals surface area contributed by atoms with Crippen molar-refractivity contribution >= 4 is 39.4 Å². The Morgan fingerprint density at radius 1 is 0.581 bits per heavy atom. The lowest BCUT2D eigenvalue weighted by molar-refractivity contribution is 0.436. The van der Waals surface area contributed by atoms with Gasteiger partial charge in [-0.05, 0) is 64.7 Å². The second kappa shape index (κ2) is 8.24. The number of hydrogen-bond donors (Lipinski definition) is 1. The Balaban J connectivity index is 1.34. The number of nitrogens with one attached hydrogen (secondary N) is 1. The van der Waals surface area contributed by atoms with Crippen molar-refractivity contribution < 1.29 is 4.74 Å². The Hall–Kier alpha value is -5.61. The smallest absolute Gasteiger partial charge is 0.140 e. The van der Waals surface area contributed by atoms with Crippen LogP contribution in [-0.4, -0.2) is 10.8 Å². The molecule has 4 heteroatoms. The van der Waals surface area contributed by atoms with Crippen molar-refractivity contribution in [3.63, 3.8) is 0 Å². The first-order valence-electron chi connectivity index (χ1n) is 14.8. The first-order valence-corrected chi connectivity index (χ1v) is 14.8. The number of anilines is 1. The molecule has 3 aliphatic rings. The molecule has 1 aromatic heterocycles. The Kier molecular flexibility index (Phi) is 4.41. The third kappa shape index (κ3) is 2.87. The van der Waals surface area contributed by atoms with Crippen molar-refractivity contribution in [1.82, 2.24) is 4.57 Å². The minimum atomic E-state index is -0.506. The fourth-order valence-electron chi connectivity index (χ4n) is 7.83. The molecule has 0 bridgehead atoms. The summed E-state index contributed by atoms with van der Waals surface area (Å²) in [4.78, 5) is 4.87. The molecule has 1 aliphatic carbocycles. The van der Waals surface area contributed by atoms with Gasteiger partial charge in [0.15, 0.2) is 0 Å². The summed E-state index contributed by atoms with van der Waals surface area (Å²) in [6.07, 6.45) is 1.90. The molecule has 43 heavy (non-hydrogen) atoms. The van der Waals surface area contributed by atoms with Gasteiger partial charge >= 0.3 is 0 Å². The molecule has 0 fully saturated rings. The number of benzene rings is 6. The fourth-order valence-corrected chi connectivity index (χ4v) is 7.83. The predicted molar refractivity (Wildman–Crippen MR) is 174 cm³/mol. The third-order valence-electron chi connectivity index (χ3n) is 9.52. The molecule has 1 N–H and O–H groups in total. The van der Waals surface area contributed by atoms with E-state index < -0.39 is 5.41 Å². The summed E-state index contributed by atoms with van der Waals surface area (Å²) in [6, 6.07) is 47.8. The van der Waals surface area contributed by atoms with E-state index in [-0.39, 0.29) is 6.17 Å². The molecule has 0 amide bonds. The van der Waals surface area contributed by atoms with Crippen LogP contribution in [0.4, 0.5) is 11.4 Å². The molecule has 3 heterocycles. The molecule has 0 saturated heterocycles. The third-order valence-corrected chi connectivity index (χ3v) is 9.52. The predicted octanol–water partition coefficient (Wildman–Crippen LogP) is 9.59. The normalized spacial score (nSPS) is 16.6. The number of ether oxygens (including phenoxy) is 1. The number of rotatable bonds is 1. The van der Waals surface area contributed by atoms with E-state index in [4.69, 9.17) is 9.73 Å². The van der Waals surface area contributed by atoms with Crippen molar-refractivity contribution in [3.05, 3.63) is 156 Å². The molecule has 2 aliphatic heterocycles. The Labute approximate surface area is 248 Å². The number of aliphatic imine (C=N–C) groups is 1. The highest BCUT2D eigenvalue weighted by atomic mass is 16.5. The van der Waals surface area contributed by atoms with Crippen LogP contribution in [0.5, 0.6) is 11.5 Å². The van der Waals surface area contributed by atoms with Crippen LogP contribution in [-0.2, 0) is 5.41 Å². The fraction of sp³-hybridized carbons (Fsp3) is 0.0513. The van der Waals surface area contributed by atoms with Gasteiger partial charge in [0, 0.05) is 28.1 Å². The Morgan fingerprint density at radius 2 is 1.26 bits per heavy atom. The zero-order valence-electron chi connectivity index (χ0n) is 23.2. The number of para-hydroxylation sites is 5. The maximum atomic E-state index is 6.55. The summed E-state index contributed by atoms with van der Waals surface area (Å²) >= 11 is 0. The topological polar surface area (TPSA) is 38.5 Å². The summed E-state index contributed by atoms with van der Waals surface area (Å²) in [5.41, 5.74) is 11.3. The second-order valence-corrected chi connectivity index (χ2v) is 11.6. The maximum Gasteiger partial charge on any atom is 0.140 e. The highest BCUT2D eigenvalue weighted by molar-refractivity contribution is 6.12. The molecular formula is C39H25N3O. The van der Waals surface area contributed by atoms with Gasteiger partial charge in [0.05, 0.1) is 27.8 Å². The number of aromatic nitrogens is 1. The van der Waals surface area contributed by atoms with Gasteiger partial charge in [-0.15, -0.1) is 0 Å². The standard InChI is InChI=1S/C39H25N3O/c1-3-13-28-24(11-1)26-21-27-25-12-2-8-18-34(25)42(38-23-40-32-16-6-7-17-33(32)41-38)35(27)22-31(26)39(28)29-14-4-9-19-36(29)43-37-20-10-5-15-30(37)39/h1-23,38,41H. The van der Waals surface area contributed by atoms with Crippen LogP contribution in [0, 0.1) is 0 Å². The molecular weight excluding hydrogens is 526 g/mol. The van der Waals surface area contributed by atoms with Crippen LogP contribution >= 0.6 is 0 Å². The first kappa shape index (κ1) is 23.0. The van der Waals surface area contributed by atoms with Crippen LogP contribution < -0.4 is 10.1 Å². The van der Waals surface area contributed by atoms with Gasteiger partial charge in [0.2, 0.25) is 0 Å². The minimum Gasteiger partial charge on any atom is -0.457 e. The van der Waals surface area contributed by atoms with Gasteiger partial charge < -0.3 is 14.6 Å². The van der Waals surface area contributed by atoms with Crippen LogP contribution in [0.25, 0.3) is 32.9 Å². The molecule has 7 aromatic rings. The zero-order chi connectivity index (χ0) is 28.1. The lowest BCUT2D eigenvalue weighted by Gasteiger charge is -2.39. The van der Waals surface area contributed by atoms with Gasteiger partial charge in [-0.25, -0.2) is 0 Å². The Morgan fingerprint density at radius 3 is 2.09 bits per heavy atom. The average molecular weight is 552 g/mol. The van der Waals surface area contributed by atoms with Gasteiger partial charge in [-0.2, -0.15) is 0 Å². The van der Waals surface area contributed by atoms with Crippen LogP contribution in [0.2, 0.25) is 0 Å². The van der Waals surface area contributed by atoms with E-state index in [0.717, 1.165) is 22.9 Å². The van der Waals surface area contributed by atoms with E-state index in [1.54, 1.807) is 0 Å². The molecule has 0 radical (unpaired) electrons. The second-order valence-electron chi connectivity index (χ2n) is 11.6. The van der Waals surface area contributed by atoms with Crippen molar-refractivity contribution in [3.8, 4) is 22.6 Å². The van der Waals surface area contributed by atoms with Crippen molar-refractivity contribution in [2.75, 3.05) is 5.32 Å². The lowest BCUT2D eigenvalue weighted by Crippen LogP contribution is -2.32. The lowest BCUT2D eigenvalue weighted by atomic mass is 9.66. The van der Waals surface area contributed by atoms with Crippen LogP contribution in [0.3, 0.4) is 0 Å². The van der Waals surface area contributed by atoms with Gasteiger partial charge in [0.1, 0.15) is 17.7 Å². The molecule has 10 rings (SSSR count). The van der Waals surface area contributed by atoms with Crippen LogP contribution in [0.15, 0.2) is 138 Å². The van der Waals surface area contributed by atoms with Gasteiger partial charge in [-0.3, -0.25) is 4.99 Å². The number of hydrogen-bond acceptors (Lipinski definition) is 3.